The Bertz CT molecular complexity index is 1110. The molecule has 0 heterocycles. The van der Waals surface area contributed by atoms with Crippen LogP contribution in [0, 0.1) is 5.92 Å². The van der Waals surface area contributed by atoms with Gasteiger partial charge in [0.25, 0.3) is 0 Å². The average molecular weight is 441 g/mol. The van der Waals surface area contributed by atoms with Crippen LogP contribution in [0.1, 0.15) is 20.3 Å². The second kappa shape index (κ2) is 10.4. The minimum absolute atomic E-state index is 0.140. The molecule has 0 spiro atoms. The molecule has 164 valence electrons. The van der Waals surface area contributed by atoms with E-state index in [-0.39, 0.29) is 16.7 Å². The van der Waals surface area contributed by atoms with Crippen molar-refractivity contribution in [3.8, 4) is 5.75 Å². The van der Waals surface area contributed by atoms with E-state index >= 15 is 0 Å². The zero-order chi connectivity index (χ0) is 22.3. The maximum atomic E-state index is 12.9. The van der Waals surface area contributed by atoms with Crippen molar-refractivity contribution < 1.29 is 17.9 Å². The molecule has 3 aromatic carbocycles. The van der Waals surface area contributed by atoms with E-state index in [2.05, 4.69) is 10.0 Å². The van der Waals surface area contributed by atoms with Crippen LogP contribution in [-0.4, -0.2) is 33.5 Å². The van der Waals surface area contributed by atoms with Gasteiger partial charge in [0.1, 0.15) is 11.8 Å². The Morgan fingerprint density at radius 2 is 1.61 bits per heavy atom. The van der Waals surface area contributed by atoms with E-state index in [0.717, 1.165) is 16.5 Å². The molecule has 0 radical (unpaired) electrons. The van der Waals surface area contributed by atoms with E-state index in [1.54, 1.807) is 18.2 Å². The lowest BCUT2D eigenvalue weighted by molar-refractivity contribution is -0.123. The first kappa shape index (κ1) is 22.8. The van der Waals surface area contributed by atoms with Crippen molar-refractivity contribution in [2.24, 2.45) is 5.92 Å². The molecule has 3 aromatic rings. The van der Waals surface area contributed by atoms with Gasteiger partial charge in [-0.3, -0.25) is 4.79 Å². The second-order valence-corrected chi connectivity index (χ2v) is 9.37. The summed E-state index contributed by atoms with van der Waals surface area (Å²) in [4.78, 5) is 12.8. The minimum atomic E-state index is -3.85. The quantitative estimate of drug-likeness (QED) is 0.471. The third kappa shape index (κ3) is 6.29. The zero-order valence-corrected chi connectivity index (χ0v) is 18.6. The van der Waals surface area contributed by atoms with Crippen LogP contribution >= 0.6 is 0 Å². The molecule has 0 saturated heterocycles. The van der Waals surface area contributed by atoms with Crippen molar-refractivity contribution >= 4 is 26.7 Å². The smallest absolute Gasteiger partial charge is 0.241 e. The van der Waals surface area contributed by atoms with Gasteiger partial charge in [-0.05, 0) is 47.4 Å². The van der Waals surface area contributed by atoms with Gasteiger partial charge < -0.3 is 10.1 Å². The molecule has 6 nitrogen and oxygen atoms in total. The number of carbonyl (C=O) groups excluding carboxylic acids is 1. The van der Waals surface area contributed by atoms with Crippen molar-refractivity contribution in [3.05, 3.63) is 72.8 Å². The van der Waals surface area contributed by atoms with Crippen LogP contribution in [0.2, 0.25) is 0 Å². The number of para-hydroxylation sites is 1. The topological polar surface area (TPSA) is 84.5 Å². The Kier molecular flexibility index (Phi) is 7.65. The van der Waals surface area contributed by atoms with Crippen LogP contribution in [0.4, 0.5) is 0 Å². The zero-order valence-electron chi connectivity index (χ0n) is 17.7. The molecule has 0 fully saturated rings. The molecule has 31 heavy (non-hydrogen) atoms. The molecule has 0 aliphatic carbocycles. The van der Waals surface area contributed by atoms with Crippen molar-refractivity contribution in [2.75, 3.05) is 13.2 Å². The number of carbonyl (C=O) groups is 1. The summed E-state index contributed by atoms with van der Waals surface area (Å²) >= 11 is 0. The molecule has 0 aromatic heterocycles. The summed E-state index contributed by atoms with van der Waals surface area (Å²) in [6.45, 7) is 4.48. The predicted octanol–water partition coefficient (Wildman–Crippen LogP) is 3.73. The number of fused-ring (bicyclic) bond motifs is 1. The van der Waals surface area contributed by atoms with Crippen LogP contribution in [0.5, 0.6) is 5.75 Å². The Labute approximate surface area is 183 Å². The third-order valence-corrected chi connectivity index (χ3v) is 6.33. The molecule has 0 aliphatic rings. The molecule has 2 N–H and O–H groups in total. The Morgan fingerprint density at radius 3 is 2.32 bits per heavy atom. The van der Waals surface area contributed by atoms with Gasteiger partial charge in [0.15, 0.2) is 0 Å². The van der Waals surface area contributed by atoms with E-state index < -0.39 is 16.1 Å². The highest BCUT2D eigenvalue weighted by molar-refractivity contribution is 7.89. The normalized spacial score (nSPS) is 12.6. The summed E-state index contributed by atoms with van der Waals surface area (Å²) in [5.74, 6) is 0.215. The van der Waals surface area contributed by atoms with Crippen molar-refractivity contribution in [1.82, 2.24) is 10.0 Å². The summed E-state index contributed by atoms with van der Waals surface area (Å²) in [6.07, 6.45) is 0.614. The molecule has 0 aliphatic heterocycles. The molecule has 1 atom stereocenters. The summed E-state index contributed by atoms with van der Waals surface area (Å²) in [7, 11) is -3.85. The van der Waals surface area contributed by atoms with Gasteiger partial charge in [0.05, 0.1) is 11.5 Å². The molecular weight excluding hydrogens is 412 g/mol. The van der Waals surface area contributed by atoms with E-state index in [9.17, 15) is 13.2 Å². The van der Waals surface area contributed by atoms with Crippen molar-refractivity contribution in [3.63, 3.8) is 0 Å². The lowest BCUT2D eigenvalue weighted by Crippen LogP contribution is -2.49. The molecule has 0 saturated carbocycles. The fourth-order valence-electron chi connectivity index (χ4n) is 3.16. The minimum Gasteiger partial charge on any atom is -0.494 e. The maximum Gasteiger partial charge on any atom is 0.241 e. The Morgan fingerprint density at radius 1 is 0.935 bits per heavy atom. The van der Waals surface area contributed by atoms with Crippen LogP contribution < -0.4 is 14.8 Å². The van der Waals surface area contributed by atoms with Crippen LogP contribution in [-0.2, 0) is 14.8 Å². The first-order valence-electron chi connectivity index (χ1n) is 10.3. The van der Waals surface area contributed by atoms with Gasteiger partial charge in [-0.25, -0.2) is 8.42 Å². The predicted molar refractivity (Wildman–Crippen MR) is 122 cm³/mol. The molecular formula is C24H28N2O4S. The summed E-state index contributed by atoms with van der Waals surface area (Å²) in [5, 5.41) is 4.59. The monoisotopic (exact) mass is 440 g/mol. The first-order valence-corrected chi connectivity index (χ1v) is 11.8. The largest absolute Gasteiger partial charge is 0.494 e. The van der Waals surface area contributed by atoms with Gasteiger partial charge in [-0.15, -0.1) is 0 Å². The van der Waals surface area contributed by atoms with Crippen LogP contribution in [0.3, 0.4) is 0 Å². The van der Waals surface area contributed by atoms with Crippen LogP contribution in [0.25, 0.3) is 10.8 Å². The van der Waals surface area contributed by atoms with E-state index in [4.69, 9.17) is 4.74 Å². The Hall–Kier alpha value is -2.90. The number of amides is 1. The van der Waals surface area contributed by atoms with Gasteiger partial charge in [-0.1, -0.05) is 62.4 Å². The van der Waals surface area contributed by atoms with Gasteiger partial charge >= 0.3 is 0 Å². The average Bonchev–Trinajstić information content (AvgIpc) is 2.77. The molecule has 0 bridgehead atoms. The number of hydrogen-bond acceptors (Lipinski definition) is 4. The Balaban J connectivity index is 1.57. The van der Waals surface area contributed by atoms with Gasteiger partial charge in [-0.2, -0.15) is 4.72 Å². The first-order chi connectivity index (χ1) is 14.9. The number of hydrogen-bond donors (Lipinski definition) is 2. The van der Waals surface area contributed by atoms with E-state index in [1.807, 2.05) is 68.4 Å². The maximum absolute atomic E-state index is 12.9. The highest BCUT2D eigenvalue weighted by Crippen LogP contribution is 2.20. The van der Waals surface area contributed by atoms with Crippen molar-refractivity contribution in [2.45, 2.75) is 31.2 Å². The molecule has 1 amide bonds. The lowest BCUT2D eigenvalue weighted by Gasteiger charge is -2.22. The summed E-state index contributed by atoms with van der Waals surface area (Å²) in [5.41, 5.74) is 0. The third-order valence-electron chi connectivity index (χ3n) is 4.89. The SMILES string of the molecule is CC(C)C(NS(=O)(=O)c1ccc2ccccc2c1)C(=O)NCCCOc1ccccc1. The molecule has 7 heteroatoms. The fourth-order valence-corrected chi connectivity index (χ4v) is 4.54. The summed E-state index contributed by atoms with van der Waals surface area (Å²) < 4.78 is 34.0. The number of sulfonamides is 1. The van der Waals surface area contributed by atoms with Crippen molar-refractivity contribution in [1.29, 1.82) is 0 Å². The van der Waals surface area contributed by atoms with Crippen LogP contribution in [0.15, 0.2) is 77.7 Å². The summed E-state index contributed by atoms with van der Waals surface area (Å²) in [6, 6.07) is 21.1. The highest BCUT2D eigenvalue weighted by Gasteiger charge is 2.28. The lowest BCUT2D eigenvalue weighted by atomic mass is 10.1. The molecule has 1 unspecified atom stereocenters. The van der Waals surface area contributed by atoms with E-state index in [1.165, 1.54) is 0 Å². The highest BCUT2D eigenvalue weighted by atomic mass is 32.2. The molecule has 3 rings (SSSR count). The van der Waals surface area contributed by atoms with Gasteiger partial charge in [0, 0.05) is 6.54 Å². The second-order valence-electron chi connectivity index (χ2n) is 7.66. The standard InChI is InChI=1S/C24H28N2O4S/c1-18(2)23(24(27)25-15-8-16-30-21-11-4-3-5-12-21)26-31(28,29)22-14-13-19-9-6-7-10-20(19)17-22/h3-7,9-14,17-18,23,26H,8,15-16H2,1-2H3,(H,25,27). The number of benzene rings is 3. The number of ether oxygens (including phenoxy) is 1. The van der Waals surface area contributed by atoms with E-state index in [0.29, 0.717) is 19.6 Å². The fraction of sp³-hybridized carbons (Fsp3) is 0.292. The number of nitrogens with one attached hydrogen (secondary N) is 2. The number of rotatable bonds is 10. The van der Waals surface area contributed by atoms with Gasteiger partial charge in [0.2, 0.25) is 15.9 Å².